The molecule has 0 aliphatic carbocycles. The average Bonchev–Trinajstić information content (AvgIpc) is 3.17. The largest absolute Gasteiger partial charge is 0.327 e. The Labute approximate surface area is 128 Å². The van der Waals surface area contributed by atoms with Gasteiger partial charge in [-0.1, -0.05) is 0 Å². The van der Waals surface area contributed by atoms with Crippen LogP contribution in [-0.4, -0.2) is 45.2 Å². The van der Waals surface area contributed by atoms with E-state index in [2.05, 4.69) is 15.4 Å². The van der Waals surface area contributed by atoms with Gasteiger partial charge in [-0.15, -0.1) is 0 Å². The van der Waals surface area contributed by atoms with Crippen molar-refractivity contribution >= 4 is 21.6 Å². The summed E-state index contributed by atoms with van der Waals surface area (Å²) in [6.07, 6.45) is 5.36. The summed E-state index contributed by atoms with van der Waals surface area (Å²) in [7, 11) is -3.01. The smallest absolute Gasteiger partial charge is 0.292 e. The summed E-state index contributed by atoms with van der Waals surface area (Å²) >= 11 is 0. The molecular weight excluding hydrogens is 306 g/mol. The topological polar surface area (TPSA) is 98.9 Å². The molecule has 1 unspecified atom stereocenters. The van der Waals surface area contributed by atoms with Gasteiger partial charge in [0.05, 0.1) is 23.7 Å². The van der Waals surface area contributed by atoms with Gasteiger partial charge < -0.3 is 9.88 Å². The van der Waals surface area contributed by atoms with Crippen molar-refractivity contribution in [1.29, 1.82) is 0 Å². The summed E-state index contributed by atoms with van der Waals surface area (Å²) in [6.45, 7) is 2.56. The number of hydrogen-bond donors (Lipinski definition) is 1. The predicted molar refractivity (Wildman–Crippen MR) is 80.4 cm³/mol. The highest BCUT2D eigenvalue weighted by Gasteiger charge is 2.31. The number of rotatable bonds is 4. The van der Waals surface area contributed by atoms with E-state index in [1.165, 1.54) is 0 Å². The second-order valence-corrected chi connectivity index (χ2v) is 7.44. The Morgan fingerprint density at radius 3 is 2.95 bits per heavy atom. The van der Waals surface area contributed by atoms with Crippen LogP contribution >= 0.6 is 0 Å². The van der Waals surface area contributed by atoms with E-state index in [4.69, 9.17) is 0 Å². The number of aromatic nitrogens is 4. The molecular formula is C13H17N5O3S. The van der Waals surface area contributed by atoms with Crippen molar-refractivity contribution in [3.8, 4) is 0 Å². The fourth-order valence-corrected chi connectivity index (χ4v) is 4.31. The minimum atomic E-state index is -3.01. The van der Waals surface area contributed by atoms with E-state index in [1.807, 2.05) is 6.92 Å². The number of nitrogens with zero attached hydrogens (tertiary/aromatic N) is 4. The zero-order chi connectivity index (χ0) is 15.7. The number of imidazole rings is 1. The van der Waals surface area contributed by atoms with Crippen LogP contribution in [0.15, 0.2) is 24.7 Å². The first-order chi connectivity index (χ1) is 10.5. The molecule has 1 aliphatic heterocycles. The Kier molecular flexibility index (Phi) is 3.73. The Bertz CT molecular complexity index is 792. The molecule has 1 atom stereocenters. The zero-order valence-electron chi connectivity index (χ0n) is 12.1. The fourth-order valence-electron chi connectivity index (χ4n) is 2.62. The van der Waals surface area contributed by atoms with E-state index in [9.17, 15) is 13.2 Å². The van der Waals surface area contributed by atoms with Crippen LogP contribution < -0.4 is 5.32 Å². The molecule has 9 heteroatoms. The predicted octanol–water partition coefficient (Wildman–Crippen LogP) is 0.711. The van der Waals surface area contributed by atoms with Crippen molar-refractivity contribution in [2.45, 2.75) is 25.9 Å². The van der Waals surface area contributed by atoms with Gasteiger partial charge in [-0.2, -0.15) is 5.10 Å². The van der Waals surface area contributed by atoms with Gasteiger partial charge in [0.25, 0.3) is 5.91 Å². The lowest BCUT2D eigenvalue weighted by Gasteiger charge is -2.13. The molecule has 0 radical (unpaired) electrons. The van der Waals surface area contributed by atoms with Gasteiger partial charge in [0.1, 0.15) is 5.82 Å². The molecule has 2 aromatic heterocycles. The number of aryl methyl sites for hydroxylation is 1. The van der Waals surface area contributed by atoms with Crippen LogP contribution in [0.1, 0.15) is 30.0 Å². The van der Waals surface area contributed by atoms with E-state index in [-0.39, 0.29) is 23.5 Å². The summed E-state index contributed by atoms with van der Waals surface area (Å²) in [6, 6.07) is 1.42. The second-order valence-electron chi connectivity index (χ2n) is 5.21. The summed E-state index contributed by atoms with van der Waals surface area (Å²) < 4.78 is 26.5. The highest BCUT2D eigenvalue weighted by molar-refractivity contribution is 7.91. The molecule has 2 aromatic rings. The maximum absolute atomic E-state index is 12.3. The number of amides is 1. The minimum absolute atomic E-state index is 0.0567. The molecule has 0 bridgehead atoms. The summed E-state index contributed by atoms with van der Waals surface area (Å²) in [5.74, 6) is 0.674. The summed E-state index contributed by atoms with van der Waals surface area (Å²) in [5, 5.41) is 6.91. The van der Waals surface area contributed by atoms with Gasteiger partial charge in [-0.25, -0.2) is 18.1 Å². The molecule has 8 nitrogen and oxygen atoms in total. The number of anilines is 1. The molecule has 118 valence electrons. The number of sulfone groups is 1. The number of carbonyl (C=O) groups is 1. The van der Waals surface area contributed by atoms with Crippen molar-refractivity contribution in [3.05, 3.63) is 30.5 Å². The maximum Gasteiger partial charge on any atom is 0.292 e. The molecule has 1 saturated heterocycles. The Morgan fingerprint density at radius 2 is 2.27 bits per heavy atom. The summed E-state index contributed by atoms with van der Waals surface area (Å²) in [5.41, 5.74) is 0. The first kappa shape index (κ1) is 14.8. The third-order valence-corrected chi connectivity index (χ3v) is 5.48. The molecule has 0 spiro atoms. The van der Waals surface area contributed by atoms with E-state index in [0.717, 1.165) is 0 Å². The van der Waals surface area contributed by atoms with Crippen LogP contribution in [0.25, 0.3) is 0 Å². The van der Waals surface area contributed by atoms with Gasteiger partial charge >= 0.3 is 0 Å². The lowest BCUT2D eigenvalue weighted by molar-refractivity contribution is 0.101. The second kappa shape index (κ2) is 5.56. The molecule has 1 aliphatic rings. The zero-order valence-corrected chi connectivity index (χ0v) is 13.0. The van der Waals surface area contributed by atoms with Crippen LogP contribution in [0.3, 0.4) is 0 Å². The summed E-state index contributed by atoms with van der Waals surface area (Å²) in [4.78, 5) is 16.3. The van der Waals surface area contributed by atoms with Crippen LogP contribution in [0.5, 0.6) is 0 Å². The van der Waals surface area contributed by atoms with E-state index >= 15 is 0 Å². The van der Waals surface area contributed by atoms with Crippen molar-refractivity contribution in [2.75, 3.05) is 16.8 Å². The van der Waals surface area contributed by atoms with E-state index < -0.39 is 9.84 Å². The quantitative estimate of drug-likeness (QED) is 0.893. The Balaban J connectivity index is 1.80. The lowest BCUT2D eigenvalue weighted by Crippen LogP contribution is -2.22. The van der Waals surface area contributed by atoms with Crippen LogP contribution in [0.4, 0.5) is 5.82 Å². The van der Waals surface area contributed by atoms with Crippen LogP contribution in [-0.2, 0) is 16.4 Å². The van der Waals surface area contributed by atoms with Crippen LogP contribution in [0, 0.1) is 0 Å². The molecule has 1 N–H and O–H groups in total. The Morgan fingerprint density at radius 1 is 1.45 bits per heavy atom. The fraction of sp³-hybridized carbons (Fsp3) is 0.462. The van der Waals surface area contributed by atoms with E-state index in [0.29, 0.717) is 24.6 Å². The van der Waals surface area contributed by atoms with Crippen molar-refractivity contribution < 1.29 is 13.2 Å². The molecule has 3 heterocycles. The molecule has 1 fully saturated rings. The molecule has 22 heavy (non-hydrogen) atoms. The molecule has 0 aromatic carbocycles. The molecule has 3 rings (SSSR count). The normalized spacial score (nSPS) is 20.1. The van der Waals surface area contributed by atoms with Gasteiger partial charge in [-0.05, 0) is 13.3 Å². The van der Waals surface area contributed by atoms with Crippen molar-refractivity contribution in [1.82, 2.24) is 19.3 Å². The third kappa shape index (κ3) is 2.76. The monoisotopic (exact) mass is 323 g/mol. The maximum atomic E-state index is 12.3. The first-order valence-corrected chi connectivity index (χ1v) is 8.88. The standard InChI is InChI=1S/C13H17N5O3S/c1-2-17-7-6-14-12(17)13(19)16-11-3-5-15-18(11)10-4-8-22(20,21)9-10/h3,5-7,10H,2,4,8-9H2,1H3,(H,16,19). The number of nitrogens with one attached hydrogen (secondary N) is 1. The van der Waals surface area contributed by atoms with Crippen LogP contribution in [0.2, 0.25) is 0 Å². The highest BCUT2D eigenvalue weighted by atomic mass is 32.2. The lowest BCUT2D eigenvalue weighted by atomic mass is 10.3. The molecule has 1 amide bonds. The number of carbonyl (C=O) groups excluding carboxylic acids is 1. The SMILES string of the molecule is CCn1ccnc1C(=O)Nc1ccnn1C1CCS(=O)(=O)C1. The number of hydrogen-bond acceptors (Lipinski definition) is 5. The molecule has 0 saturated carbocycles. The van der Waals surface area contributed by atoms with Crippen molar-refractivity contribution in [3.63, 3.8) is 0 Å². The van der Waals surface area contributed by atoms with Gasteiger partial charge in [0.15, 0.2) is 15.7 Å². The van der Waals surface area contributed by atoms with Gasteiger partial charge in [0, 0.05) is 25.0 Å². The average molecular weight is 323 g/mol. The van der Waals surface area contributed by atoms with Gasteiger partial charge in [-0.3, -0.25) is 4.79 Å². The Hall–Kier alpha value is -2.16. The van der Waals surface area contributed by atoms with Crippen molar-refractivity contribution in [2.24, 2.45) is 0 Å². The first-order valence-electron chi connectivity index (χ1n) is 7.06. The minimum Gasteiger partial charge on any atom is -0.327 e. The van der Waals surface area contributed by atoms with Gasteiger partial charge in [0.2, 0.25) is 0 Å². The third-order valence-electron chi connectivity index (χ3n) is 3.73. The van der Waals surface area contributed by atoms with E-state index in [1.54, 1.807) is 33.9 Å². The highest BCUT2D eigenvalue weighted by Crippen LogP contribution is 2.26.